The number of carbonyl (C=O) groups excluding carboxylic acids is 2. The molecule has 1 aromatic carbocycles. The summed E-state index contributed by atoms with van der Waals surface area (Å²) in [6, 6.07) is 9.91. The van der Waals surface area contributed by atoms with E-state index in [0.29, 0.717) is 43.3 Å². The van der Waals surface area contributed by atoms with Crippen molar-refractivity contribution in [3.05, 3.63) is 76.9 Å². The van der Waals surface area contributed by atoms with Gasteiger partial charge in [-0.1, -0.05) is 89.6 Å². The molecule has 0 aliphatic heterocycles. The molecular weight excluding hydrogens is 616 g/mol. The number of aliphatic carboxylic acids is 1. The molecule has 7 rings (SSSR count). The highest BCUT2D eigenvalue weighted by Crippen LogP contribution is 2.84. The predicted molar refractivity (Wildman–Crippen MR) is 187 cm³/mol. The highest BCUT2D eigenvalue weighted by atomic mass is 16.4. The highest BCUT2D eigenvalue weighted by molar-refractivity contribution is 6.02. The van der Waals surface area contributed by atoms with Crippen LogP contribution in [-0.2, 0) is 14.4 Å². The van der Waals surface area contributed by atoms with Crippen LogP contribution in [0.15, 0.2) is 71.4 Å². The van der Waals surface area contributed by atoms with E-state index >= 15 is 4.79 Å². The molecule has 10 atom stereocenters. The van der Waals surface area contributed by atoms with Gasteiger partial charge < -0.3 is 20.4 Å². The minimum absolute atomic E-state index is 0.00474. The van der Waals surface area contributed by atoms with Crippen molar-refractivity contribution < 1.29 is 34.8 Å². The van der Waals surface area contributed by atoms with E-state index in [2.05, 4.69) is 26.8 Å². The first kappa shape index (κ1) is 34.3. The van der Waals surface area contributed by atoms with E-state index in [1.165, 1.54) is 13.0 Å². The summed E-state index contributed by atoms with van der Waals surface area (Å²) in [5.74, 6) is -2.01. The summed E-state index contributed by atoms with van der Waals surface area (Å²) in [6.45, 7) is 11.8. The lowest BCUT2D eigenvalue weighted by Gasteiger charge is -2.70. The second-order valence-electron chi connectivity index (χ2n) is 17.6. The lowest BCUT2D eigenvalue weighted by atomic mass is 9.33. The number of carboxylic acids is 1. The molecule has 2 bridgehead atoms. The first-order valence-corrected chi connectivity index (χ1v) is 18.2. The summed E-state index contributed by atoms with van der Waals surface area (Å²) in [5.41, 5.74) is -4.35. The summed E-state index contributed by atoms with van der Waals surface area (Å²) in [5, 5.41) is 47.1. The Morgan fingerprint density at radius 1 is 1.02 bits per heavy atom. The van der Waals surface area contributed by atoms with Gasteiger partial charge in [-0.15, -0.1) is 0 Å². The number of Topliss-reactive ketones (excluding diaryl/α,β-unsaturated/α-hetero) is 2. The Morgan fingerprint density at radius 2 is 1.71 bits per heavy atom. The van der Waals surface area contributed by atoms with Gasteiger partial charge in [-0.25, -0.2) is 4.79 Å². The second-order valence-corrected chi connectivity index (χ2v) is 17.6. The molecule has 7 heteroatoms. The van der Waals surface area contributed by atoms with Crippen LogP contribution in [0.3, 0.4) is 0 Å². The summed E-state index contributed by atoms with van der Waals surface area (Å²) >= 11 is 0. The zero-order chi connectivity index (χ0) is 35.6. The molecular formula is C42H52O7. The van der Waals surface area contributed by atoms with Crippen LogP contribution >= 0.6 is 0 Å². The topological polar surface area (TPSA) is 132 Å². The molecule has 10 unspecified atom stereocenters. The number of aliphatic hydroxyl groups is 3. The van der Waals surface area contributed by atoms with Crippen LogP contribution in [0, 0.1) is 44.8 Å². The Kier molecular flexibility index (Phi) is 7.49. The minimum atomic E-state index is -1.61. The van der Waals surface area contributed by atoms with Gasteiger partial charge in [-0.3, -0.25) is 9.59 Å². The third kappa shape index (κ3) is 4.16. The van der Waals surface area contributed by atoms with E-state index in [0.717, 1.165) is 18.4 Å². The van der Waals surface area contributed by atoms with E-state index < -0.39 is 56.3 Å². The van der Waals surface area contributed by atoms with Gasteiger partial charge in [0.25, 0.3) is 0 Å². The standard InChI is InChI=1S/C42H52O7/c1-25(35(46)47)21-28(43)22-26(2)39-16-10-17-42-34-32(30(44)23-38(39,42)6)37(5)18-15-31(45)36(3,4)33(37)29(14-13-27-11-8-7-9-12-27)41(34,49)20-19-40(42,48)24-39/h7-9,11-14,19-21,26,28-29,33,43,48-49H,10,15-18,22-24H2,1-6H3,(H,46,47). The molecule has 3 saturated carbocycles. The van der Waals surface area contributed by atoms with Gasteiger partial charge in [-0.2, -0.15) is 0 Å². The summed E-state index contributed by atoms with van der Waals surface area (Å²) in [4.78, 5) is 40.3. The van der Waals surface area contributed by atoms with Gasteiger partial charge in [0.05, 0.1) is 11.7 Å². The smallest absolute Gasteiger partial charge is 0.331 e. The zero-order valence-corrected chi connectivity index (χ0v) is 29.8. The molecule has 4 N–H and O–H groups in total. The maximum absolute atomic E-state index is 15.1. The summed E-state index contributed by atoms with van der Waals surface area (Å²) in [6.07, 6.45) is 12.0. The van der Waals surface area contributed by atoms with Crippen molar-refractivity contribution in [1.29, 1.82) is 0 Å². The molecule has 0 aromatic heterocycles. The highest BCUT2D eigenvalue weighted by Gasteiger charge is 2.84. The molecule has 0 radical (unpaired) electrons. The molecule has 6 aliphatic carbocycles. The van der Waals surface area contributed by atoms with E-state index in [4.69, 9.17) is 0 Å². The first-order valence-electron chi connectivity index (χ1n) is 18.2. The van der Waals surface area contributed by atoms with E-state index in [1.54, 1.807) is 6.08 Å². The van der Waals surface area contributed by atoms with Gasteiger partial charge >= 0.3 is 5.97 Å². The van der Waals surface area contributed by atoms with Crippen molar-refractivity contribution in [2.75, 3.05) is 0 Å². The molecule has 7 nitrogen and oxygen atoms in total. The number of hydrogen-bond acceptors (Lipinski definition) is 6. The zero-order valence-electron chi connectivity index (χ0n) is 29.8. The van der Waals surface area contributed by atoms with Gasteiger partial charge in [-0.05, 0) is 85.0 Å². The van der Waals surface area contributed by atoms with Crippen molar-refractivity contribution in [1.82, 2.24) is 0 Å². The average Bonchev–Trinajstić information content (AvgIpc) is 3.10. The normalized spacial score (nSPS) is 43.3. The molecule has 1 aromatic rings. The van der Waals surface area contributed by atoms with E-state index in [9.17, 15) is 30.0 Å². The Labute approximate surface area is 289 Å². The predicted octanol–water partition coefficient (Wildman–Crippen LogP) is 6.63. The molecule has 6 aliphatic rings. The van der Waals surface area contributed by atoms with Gasteiger partial charge in [0.2, 0.25) is 0 Å². The Bertz CT molecular complexity index is 1750. The number of carbonyl (C=O) groups is 3. The fourth-order valence-corrected chi connectivity index (χ4v) is 13.2. The Balaban J connectivity index is 1.46. The van der Waals surface area contributed by atoms with Gasteiger partial charge in [0, 0.05) is 46.2 Å². The fourth-order valence-electron chi connectivity index (χ4n) is 13.2. The molecule has 0 amide bonds. The number of allylic oxidation sites excluding steroid dienone is 1. The van der Waals surface area contributed by atoms with Crippen molar-refractivity contribution in [3.63, 3.8) is 0 Å². The molecule has 262 valence electrons. The largest absolute Gasteiger partial charge is 0.478 e. The molecule has 49 heavy (non-hydrogen) atoms. The third-order valence-electron chi connectivity index (χ3n) is 15.1. The lowest BCUT2D eigenvalue weighted by Crippen LogP contribution is -2.71. The van der Waals surface area contributed by atoms with Crippen molar-refractivity contribution in [2.24, 2.45) is 44.8 Å². The lowest BCUT2D eigenvalue weighted by molar-refractivity contribution is -0.176. The van der Waals surface area contributed by atoms with Crippen molar-refractivity contribution in [2.45, 2.75) is 110 Å². The number of rotatable bonds is 7. The Hall–Kier alpha value is -3.13. The number of carboxylic acid groups (broad SMARTS) is 1. The monoisotopic (exact) mass is 668 g/mol. The quantitative estimate of drug-likeness (QED) is 0.190. The van der Waals surface area contributed by atoms with Crippen LogP contribution in [-0.4, -0.2) is 55.3 Å². The van der Waals surface area contributed by atoms with Gasteiger partial charge in [0.1, 0.15) is 11.4 Å². The van der Waals surface area contributed by atoms with Crippen LogP contribution in [0.1, 0.15) is 98.5 Å². The molecule has 3 fully saturated rings. The fraction of sp³-hybridized carbons (Fsp3) is 0.595. The van der Waals surface area contributed by atoms with Crippen molar-refractivity contribution >= 4 is 23.6 Å². The minimum Gasteiger partial charge on any atom is -0.478 e. The average molecular weight is 669 g/mol. The first-order chi connectivity index (χ1) is 22.8. The number of hydrogen-bond donors (Lipinski definition) is 4. The SMILES string of the molecule is CC(=CC(O)CC(C)C12CCCC34C5=C(C(=O)CC13C)C1(C)CCC(=O)C(C)(C)C1C(C=Cc1ccccc1)C5(O)C=CC4(O)C2)C(=O)O. The summed E-state index contributed by atoms with van der Waals surface area (Å²) < 4.78 is 0. The number of ketones is 2. The van der Waals surface area contributed by atoms with Crippen LogP contribution in [0.25, 0.3) is 6.08 Å². The van der Waals surface area contributed by atoms with Crippen LogP contribution in [0.4, 0.5) is 0 Å². The second kappa shape index (κ2) is 10.7. The Morgan fingerprint density at radius 3 is 2.39 bits per heavy atom. The van der Waals surface area contributed by atoms with Crippen LogP contribution in [0.2, 0.25) is 0 Å². The number of fused-ring (bicyclic) bond motifs is 2. The van der Waals surface area contributed by atoms with Crippen LogP contribution < -0.4 is 0 Å². The molecule has 1 spiro atoms. The van der Waals surface area contributed by atoms with Crippen LogP contribution in [0.5, 0.6) is 0 Å². The number of aliphatic hydroxyl groups excluding tert-OH is 1. The maximum Gasteiger partial charge on any atom is 0.331 e. The summed E-state index contributed by atoms with van der Waals surface area (Å²) in [7, 11) is 0. The molecule has 0 heterocycles. The van der Waals surface area contributed by atoms with E-state index in [1.807, 2.05) is 56.3 Å². The molecule has 0 saturated heterocycles. The van der Waals surface area contributed by atoms with Crippen molar-refractivity contribution in [3.8, 4) is 0 Å². The maximum atomic E-state index is 15.1. The van der Waals surface area contributed by atoms with Gasteiger partial charge in [0.15, 0.2) is 5.78 Å². The third-order valence-corrected chi connectivity index (χ3v) is 15.1. The van der Waals surface area contributed by atoms with E-state index in [-0.39, 0.29) is 35.4 Å². The number of benzene rings is 1.